The molecular formula is C15H9ClN4O. The second-order valence-corrected chi connectivity index (χ2v) is 5.06. The maximum absolute atomic E-state index is 12.4. The van der Waals surface area contributed by atoms with Crippen LogP contribution in [0.5, 0.6) is 0 Å². The van der Waals surface area contributed by atoms with Crippen LogP contribution < -0.4 is 5.56 Å². The average Bonchev–Trinajstić information content (AvgIpc) is 2.92. The van der Waals surface area contributed by atoms with Gasteiger partial charge in [-0.05, 0) is 36.4 Å². The molecule has 0 aliphatic heterocycles. The van der Waals surface area contributed by atoms with Crippen LogP contribution in [0.15, 0.2) is 59.7 Å². The Morgan fingerprint density at radius 2 is 1.76 bits per heavy atom. The Morgan fingerprint density at radius 1 is 1.00 bits per heavy atom. The molecule has 0 fully saturated rings. The van der Waals surface area contributed by atoms with Gasteiger partial charge in [-0.25, -0.2) is 4.98 Å². The summed E-state index contributed by atoms with van der Waals surface area (Å²) in [5, 5.41) is 5.34. The van der Waals surface area contributed by atoms with Crippen LogP contribution in [-0.2, 0) is 0 Å². The minimum Gasteiger partial charge on any atom is -0.267 e. The lowest BCUT2D eigenvalue weighted by molar-refractivity contribution is 0.915. The van der Waals surface area contributed by atoms with E-state index in [0.29, 0.717) is 21.7 Å². The van der Waals surface area contributed by atoms with E-state index in [1.807, 2.05) is 30.3 Å². The monoisotopic (exact) mass is 296 g/mol. The highest BCUT2D eigenvalue weighted by molar-refractivity contribution is 6.30. The summed E-state index contributed by atoms with van der Waals surface area (Å²) in [7, 11) is 0. The Balaban J connectivity index is 2.08. The van der Waals surface area contributed by atoms with Crippen molar-refractivity contribution < 1.29 is 0 Å². The molecule has 0 N–H and O–H groups in total. The number of aromatic nitrogens is 4. The van der Waals surface area contributed by atoms with Gasteiger partial charge in [0.05, 0.1) is 16.6 Å². The number of hydrogen-bond donors (Lipinski definition) is 0. The first-order valence-corrected chi connectivity index (χ1v) is 6.73. The highest BCUT2D eigenvalue weighted by Gasteiger charge is 2.11. The van der Waals surface area contributed by atoms with Crippen LogP contribution >= 0.6 is 11.6 Å². The van der Waals surface area contributed by atoms with E-state index in [1.165, 1.54) is 4.52 Å². The van der Waals surface area contributed by atoms with Crippen LogP contribution in [0.1, 0.15) is 0 Å². The first-order chi connectivity index (χ1) is 10.2. The minimum absolute atomic E-state index is 0.177. The molecule has 102 valence electrons. The molecule has 0 saturated heterocycles. The smallest absolute Gasteiger partial charge is 0.267 e. The highest BCUT2D eigenvalue weighted by Crippen LogP contribution is 2.16. The Labute approximate surface area is 124 Å². The van der Waals surface area contributed by atoms with Gasteiger partial charge in [0.25, 0.3) is 5.56 Å². The van der Waals surface area contributed by atoms with Crippen LogP contribution in [0.2, 0.25) is 5.02 Å². The molecule has 0 spiro atoms. The quantitative estimate of drug-likeness (QED) is 0.543. The van der Waals surface area contributed by atoms with Gasteiger partial charge in [-0.3, -0.25) is 9.36 Å². The predicted octanol–water partition coefficient (Wildman–Crippen LogP) is 2.69. The molecule has 4 rings (SSSR count). The lowest BCUT2D eigenvalue weighted by atomic mass is 10.2. The third-order valence-electron chi connectivity index (χ3n) is 3.34. The summed E-state index contributed by atoms with van der Waals surface area (Å²) in [6.07, 6.45) is 1.58. The molecule has 0 amide bonds. The van der Waals surface area contributed by atoms with E-state index >= 15 is 0 Å². The summed E-state index contributed by atoms with van der Waals surface area (Å²) in [5.74, 6) is 0.473. The second kappa shape index (κ2) is 4.43. The van der Waals surface area contributed by atoms with Crippen molar-refractivity contribution in [3.63, 3.8) is 0 Å². The molecule has 5 nitrogen and oxygen atoms in total. The fourth-order valence-electron chi connectivity index (χ4n) is 2.31. The second-order valence-electron chi connectivity index (χ2n) is 4.62. The predicted molar refractivity (Wildman–Crippen MR) is 81.1 cm³/mol. The average molecular weight is 297 g/mol. The van der Waals surface area contributed by atoms with Crippen molar-refractivity contribution >= 4 is 28.3 Å². The van der Waals surface area contributed by atoms with Gasteiger partial charge in [-0.2, -0.15) is 9.61 Å². The molecule has 0 aliphatic rings. The maximum atomic E-state index is 12.4. The molecule has 0 saturated carbocycles. The maximum Gasteiger partial charge on any atom is 0.283 e. The topological polar surface area (TPSA) is 52.2 Å². The van der Waals surface area contributed by atoms with Crippen molar-refractivity contribution in [1.29, 1.82) is 0 Å². The molecule has 0 radical (unpaired) electrons. The van der Waals surface area contributed by atoms with Gasteiger partial charge in [-0.15, -0.1) is 0 Å². The number of nitrogens with zero attached hydrogens (tertiary/aromatic N) is 4. The number of para-hydroxylation sites is 1. The van der Waals surface area contributed by atoms with Crippen LogP contribution in [0.3, 0.4) is 0 Å². The van der Waals surface area contributed by atoms with Crippen molar-refractivity contribution in [2.45, 2.75) is 0 Å². The van der Waals surface area contributed by atoms with Crippen LogP contribution in [0.25, 0.3) is 22.4 Å². The fourth-order valence-corrected chi connectivity index (χ4v) is 2.44. The summed E-state index contributed by atoms with van der Waals surface area (Å²) in [6, 6.07) is 14.5. The van der Waals surface area contributed by atoms with Crippen molar-refractivity contribution in [1.82, 2.24) is 19.2 Å². The van der Waals surface area contributed by atoms with Gasteiger partial charge >= 0.3 is 0 Å². The third-order valence-corrected chi connectivity index (χ3v) is 3.59. The van der Waals surface area contributed by atoms with E-state index in [0.717, 1.165) is 5.69 Å². The lowest BCUT2D eigenvalue weighted by Crippen LogP contribution is -2.16. The molecule has 2 heterocycles. The van der Waals surface area contributed by atoms with E-state index < -0.39 is 0 Å². The molecular weight excluding hydrogens is 288 g/mol. The molecule has 0 atom stereocenters. The summed E-state index contributed by atoms with van der Waals surface area (Å²) in [4.78, 5) is 16.9. The van der Waals surface area contributed by atoms with Crippen molar-refractivity contribution in [2.75, 3.05) is 0 Å². The van der Waals surface area contributed by atoms with Gasteiger partial charge in [0.2, 0.25) is 5.78 Å². The van der Waals surface area contributed by atoms with E-state index in [2.05, 4.69) is 10.1 Å². The van der Waals surface area contributed by atoms with Crippen LogP contribution in [0, 0.1) is 0 Å². The zero-order valence-corrected chi connectivity index (χ0v) is 11.5. The molecule has 2 aromatic carbocycles. The van der Waals surface area contributed by atoms with Gasteiger partial charge in [0.15, 0.2) is 0 Å². The number of fused-ring (bicyclic) bond motifs is 2. The first-order valence-electron chi connectivity index (χ1n) is 6.35. The first kappa shape index (κ1) is 12.1. The number of rotatable bonds is 1. The minimum atomic E-state index is -0.177. The number of benzene rings is 2. The Morgan fingerprint density at radius 3 is 2.57 bits per heavy atom. The van der Waals surface area contributed by atoms with Gasteiger partial charge in [-0.1, -0.05) is 23.7 Å². The van der Waals surface area contributed by atoms with Crippen LogP contribution in [-0.4, -0.2) is 19.2 Å². The summed E-state index contributed by atoms with van der Waals surface area (Å²) >= 11 is 5.90. The van der Waals surface area contributed by atoms with Gasteiger partial charge in [0.1, 0.15) is 6.33 Å². The lowest BCUT2D eigenvalue weighted by Gasteiger charge is -2.03. The van der Waals surface area contributed by atoms with E-state index in [4.69, 9.17) is 11.6 Å². The number of hydrogen-bond acceptors (Lipinski definition) is 3. The molecule has 4 aromatic rings. The Hall–Kier alpha value is -2.66. The zero-order chi connectivity index (χ0) is 14.4. The number of halogens is 1. The fraction of sp³-hybridized carbons (Fsp3) is 0. The summed E-state index contributed by atoms with van der Waals surface area (Å²) in [6.45, 7) is 0. The van der Waals surface area contributed by atoms with Gasteiger partial charge in [0, 0.05) is 5.02 Å². The van der Waals surface area contributed by atoms with Crippen molar-refractivity contribution in [3.05, 3.63) is 70.2 Å². The van der Waals surface area contributed by atoms with Crippen molar-refractivity contribution in [3.8, 4) is 5.69 Å². The molecule has 21 heavy (non-hydrogen) atoms. The molecule has 0 aliphatic carbocycles. The zero-order valence-electron chi connectivity index (χ0n) is 10.8. The van der Waals surface area contributed by atoms with E-state index in [9.17, 15) is 4.79 Å². The van der Waals surface area contributed by atoms with E-state index in [1.54, 1.807) is 29.1 Å². The molecule has 2 aromatic heterocycles. The molecule has 6 heteroatoms. The largest absolute Gasteiger partial charge is 0.283 e. The normalized spacial score (nSPS) is 11.3. The molecule has 0 unspecified atom stereocenters. The van der Waals surface area contributed by atoms with Crippen LogP contribution in [0.4, 0.5) is 0 Å². The Bertz CT molecular complexity index is 1020. The third kappa shape index (κ3) is 1.82. The van der Waals surface area contributed by atoms with Crippen molar-refractivity contribution in [2.24, 2.45) is 0 Å². The standard InChI is InChI=1S/C15H9ClN4O/c16-10-5-7-11(8-6-10)19-9-17-20-14(21)12-3-1-2-4-13(12)18-15(19)20/h1-9H. The Kier molecular flexibility index (Phi) is 2.55. The molecule has 0 bridgehead atoms. The summed E-state index contributed by atoms with van der Waals surface area (Å²) < 4.78 is 3.06. The van der Waals surface area contributed by atoms with Gasteiger partial charge < -0.3 is 0 Å². The van der Waals surface area contributed by atoms with E-state index in [-0.39, 0.29) is 5.56 Å². The highest BCUT2D eigenvalue weighted by atomic mass is 35.5. The SMILES string of the molecule is O=c1c2ccccc2nc2n(-c3ccc(Cl)cc3)cnn12. The summed E-state index contributed by atoms with van der Waals surface area (Å²) in [5.41, 5.74) is 1.32.